The van der Waals surface area contributed by atoms with Gasteiger partial charge in [-0.3, -0.25) is 9.10 Å². The molecular weight excluding hydrogens is 352 g/mol. The lowest BCUT2D eigenvalue weighted by atomic mass is 10.1. The average Bonchev–Trinajstić information content (AvgIpc) is 2.97. The molecule has 0 aromatic heterocycles. The highest BCUT2D eigenvalue weighted by Crippen LogP contribution is 2.38. The fourth-order valence-electron chi connectivity index (χ4n) is 3.29. The van der Waals surface area contributed by atoms with Gasteiger partial charge in [0.1, 0.15) is 10.6 Å². The van der Waals surface area contributed by atoms with Crippen LogP contribution in [0.3, 0.4) is 0 Å². The second-order valence-electron chi connectivity index (χ2n) is 6.21. The monoisotopic (exact) mass is 374 g/mol. The fourth-order valence-corrected chi connectivity index (χ4v) is 5.17. The molecule has 1 amide bonds. The lowest BCUT2D eigenvalue weighted by Gasteiger charge is -2.25. The predicted octanol–water partition coefficient (Wildman–Crippen LogP) is 2.58. The highest BCUT2D eigenvalue weighted by molar-refractivity contribution is 7.93. The number of amides is 1. The van der Waals surface area contributed by atoms with Crippen molar-refractivity contribution in [3.8, 4) is 5.75 Å². The molecule has 138 valence electrons. The number of para-hydroxylation sites is 1. The van der Waals surface area contributed by atoms with Gasteiger partial charge in [-0.2, -0.15) is 0 Å². The van der Waals surface area contributed by atoms with Gasteiger partial charge in [0.15, 0.2) is 0 Å². The van der Waals surface area contributed by atoms with Crippen LogP contribution in [-0.2, 0) is 16.4 Å². The number of hydrogen-bond donors (Lipinski definition) is 1. The van der Waals surface area contributed by atoms with E-state index in [-0.39, 0.29) is 28.2 Å². The molecule has 0 fully saturated rings. The molecule has 0 radical (unpaired) electrons. The summed E-state index contributed by atoms with van der Waals surface area (Å²) in [4.78, 5) is 12.1. The topological polar surface area (TPSA) is 75.7 Å². The normalized spacial score (nSPS) is 16.3. The third kappa shape index (κ3) is 3.03. The Morgan fingerprint density at radius 3 is 2.69 bits per heavy atom. The lowest BCUT2D eigenvalue weighted by Crippen LogP contribution is -2.36. The summed E-state index contributed by atoms with van der Waals surface area (Å²) in [6.45, 7) is 4.14. The minimum Gasteiger partial charge on any atom is -0.495 e. The molecule has 1 atom stereocenters. The summed E-state index contributed by atoms with van der Waals surface area (Å²) in [7, 11) is -2.47. The molecule has 0 unspecified atom stereocenters. The van der Waals surface area contributed by atoms with Crippen molar-refractivity contribution in [2.24, 2.45) is 0 Å². The van der Waals surface area contributed by atoms with E-state index in [9.17, 15) is 13.2 Å². The van der Waals surface area contributed by atoms with Gasteiger partial charge in [0.2, 0.25) is 0 Å². The minimum absolute atomic E-state index is 0.00712. The third-order valence-corrected chi connectivity index (χ3v) is 6.39. The summed E-state index contributed by atoms with van der Waals surface area (Å²) >= 11 is 0. The van der Waals surface area contributed by atoms with Crippen LogP contribution in [0.1, 0.15) is 29.8 Å². The molecule has 7 heteroatoms. The number of fused-ring (bicyclic) bond motifs is 1. The first-order valence-electron chi connectivity index (χ1n) is 8.48. The first kappa shape index (κ1) is 18.3. The number of nitrogens with zero attached hydrogens (tertiary/aromatic N) is 1. The number of rotatable bonds is 5. The number of benzene rings is 2. The molecule has 2 aromatic rings. The molecule has 3 rings (SSSR count). The van der Waals surface area contributed by atoms with Gasteiger partial charge in [-0.05, 0) is 50.1 Å². The van der Waals surface area contributed by atoms with E-state index in [1.807, 2.05) is 32.0 Å². The van der Waals surface area contributed by atoms with E-state index in [4.69, 9.17) is 4.74 Å². The van der Waals surface area contributed by atoms with Gasteiger partial charge in [-0.25, -0.2) is 8.42 Å². The maximum Gasteiger partial charge on any atom is 0.268 e. The Balaban J connectivity index is 2.12. The molecule has 1 heterocycles. The average molecular weight is 374 g/mol. The SMILES string of the molecule is CCNC(=O)c1ccc(OC)c(S(=O)(=O)N2c3ccccc3C[C@@H]2C)c1. The van der Waals surface area contributed by atoms with Crippen LogP contribution in [0.25, 0.3) is 0 Å². The van der Waals surface area contributed by atoms with Crippen molar-refractivity contribution >= 4 is 21.6 Å². The fraction of sp³-hybridized carbons (Fsp3) is 0.316. The van der Waals surface area contributed by atoms with Crippen molar-refractivity contribution in [2.75, 3.05) is 18.0 Å². The number of hydrogen-bond acceptors (Lipinski definition) is 4. The summed E-state index contributed by atoms with van der Waals surface area (Å²) < 4.78 is 33.6. The Kier molecular flexibility index (Phi) is 4.91. The van der Waals surface area contributed by atoms with Crippen LogP contribution in [0.15, 0.2) is 47.4 Å². The summed E-state index contributed by atoms with van der Waals surface area (Å²) in [5.41, 5.74) is 1.94. The molecule has 6 nitrogen and oxygen atoms in total. The molecule has 0 bridgehead atoms. The van der Waals surface area contributed by atoms with Gasteiger partial charge in [-0.1, -0.05) is 18.2 Å². The molecule has 0 saturated heterocycles. The Morgan fingerprint density at radius 2 is 2.00 bits per heavy atom. The Hall–Kier alpha value is -2.54. The summed E-state index contributed by atoms with van der Waals surface area (Å²) in [6, 6.07) is 11.7. The number of nitrogens with one attached hydrogen (secondary N) is 1. The van der Waals surface area contributed by atoms with E-state index in [1.165, 1.54) is 23.5 Å². The predicted molar refractivity (Wildman–Crippen MR) is 100 cm³/mol. The van der Waals surface area contributed by atoms with Crippen LogP contribution in [0.5, 0.6) is 5.75 Å². The maximum absolute atomic E-state index is 13.4. The van der Waals surface area contributed by atoms with Crippen LogP contribution >= 0.6 is 0 Å². The molecule has 0 spiro atoms. The summed E-state index contributed by atoms with van der Waals surface area (Å²) in [5.74, 6) is -0.101. The van der Waals surface area contributed by atoms with E-state index >= 15 is 0 Å². The molecule has 1 aliphatic rings. The van der Waals surface area contributed by atoms with Gasteiger partial charge in [0.05, 0.1) is 12.8 Å². The van der Waals surface area contributed by atoms with Crippen molar-refractivity contribution in [3.05, 3.63) is 53.6 Å². The molecule has 26 heavy (non-hydrogen) atoms. The van der Waals surface area contributed by atoms with Gasteiger partial charge >= 0.3 is 0 Å². The highest BCUT2D eigenvalue weighted by atomic mass is 32.2. The Morgan fingerprint density at radius 1 is 1.27 bits per heavy atom. The quantitative estimate of drug-likeness (QED) is 0.873. The Labute approximate surface area is 153 Å². The zero-order valence-corrected chi connectivity index (χ0v) is 15.8. The van der Waals surface area contributed by atoms with E-state index in [0.717, 1.165) is 5.56 Å². The van der Waals surface area contributed by atoms with Crippen LogP contribution in [0.4, 0.5) is 5.69 Å². The second-order valence-corrected chi connectivity index (χ2v) is 7.99. The van der Waals surface area contributed by atoms with Crippen molar-refractivity contribution in [3.63, 3.8) is 0 Å². The zero-order valence-electron chi connectivity index (χ0n) is 15.0. The first-order valence-corrected chi connectivity index (χ1v) is 9.92. The van der Waals surface area contributed by atoms with Gasteiger partial charge < -0.3 is 10.1 Å². The maximum atomic E-state index is 13.4. The Bertz CT molecular complexity index is 940. The largest absolute Gasteiger partial charge is 0.495 e. The number of anilines is 1. The van der Waals surface area contributed by atoms with Crippen molar-refractivity contribution in [2.45, 2.75) is 31.2 Å². The molecule has 1 N–H and O–H groups in total. The van der Waals surface area contributed by atoms with Gasteiger partial charge in [-0.15, -0.1) is 0 Å². The molecule has 0 aliphatic carbocycles. The number of sulfonamides is 1. The molecular formula is C19H22N2O4S. The van der Waals surface area contributed by atoms with Crippen LogP contribution < -0.4 is 14.4 Å². The third-order valence-electron chi connectivity index (χ3n) is 4.44. The summed E-state index contributed by atoms with van der Waals surface area (Å²) in [5, 5.41) is 2.68. The van der Waals surface area contributed by atoms with Crippen LogP contribution in [-0.4, -0.2) is 34.0 Å². The molecule has 2 aromatic carbocycles. The minimum atomic E-state index is -3.89. The highest BCUT2D eigenvalue weighted by Gasteiger charge is 2.37. The van der Waals surface area contributed by atoms with E-state index in [1.54, 1.807) is 12.1 Å². The molecule has 1 aliphatic heterocycles. The van der Waals surface area contributed by atoms with Gasteiger partial charge in [0.25, 0.3) is 15.9 Å². The number of carbonyl (C=O) groups is 1. The van der Waals surface area contributed by atoms with E-state index < -0.39 is 10.0 Å². The van der Waals surface area contributed by atoms with E-state index in [2.05, 4.69) is 5.32 Å². The standard InChI is InChI=1S/C19H22N2O4S/c1-4-20-19(22)15-9-10-17(25-3)18(12-15)26(23,24)21-13(2)11-14-7-5-6-8-16(14)21/h5-10,12-13H,4,11H2,1-3H3,(H,20,22)/t13-/m0/s1. The molecule has 0 saturated carbocycles. The van der Waals surface area contributed by atoms with Crippen LogP contribution in [0, 0.1) is 0 Å². The van der Waals surface area contributed by atoms with E-state index in [0.29, 0.717) is 18.7 Å². The van der Waals surface area contributed by atoms with Crippen molar-refractivity contribution in [1.82, 2.24) is 5.32 Å². The number of carbonyl (C=O) groups excluding carboxylic acids is 1. The van der Waals surface area contributed by atoms with Crippen molar-refractivity contribution < 1.29 is 17.9 Å². The lowest BCUT2D eigenvalue weighted by molar-refractivity contribution is 0.0955. The number of methoxy groups -OCH3 is 1. The number of ether oxygens (including phenoxy) is 1. The second kappa shape index (κ2) is 6.99. The van der Waals surface area contributed by atoms with Gasteiger partial charge in [0, 0.05) is 18.2 Å². The van der Waals surface area contributed by atoms with Crippen molar-refractivity contribution in [1.29, 1.82) is 0 Å². The van der Waals surface area contributed by atoms with Crippen LogP contribution in [0.2, 0.25) is 0 Å². The first-order chi connectivity index (χ1) is 12.4. The summed E-state index contributed by atoms with van der Waals surface area (Å²) in [6.07, 6.45) is 0.647. The zero-order chi connectivity index (χ0) is 18.9. The smallest absolute Gasteiger partial charge is 0.268 e.